The van der Waals surface area contributed by atoms with Gasteiger partial charge in [-0.15, -0.1) is 0 Å². The van der Waals surface area contributed by atoms with Crippen LogP contribution in [-0.4, -0.2) is 31.7 Å². The highest BCUT2D eigenvalue weighted by Crippen LogP contribution is 2.37. The van der Waals surface area contributed by atoms with Crippen LogP contribution in [0.3, 0.4) is 0 Å². The van der Waals surface area contributed by atoms with E-state index in [1.807, 2.05) is 45.0 Å². The van der Waals surface area contributed by atoms with E-state index in [0.29, 0.717) is 33.8 Å². The SMILES string of the molecule is CCOC(=O)COc1c(Br)cc(/C=C(\C#N)C(=O)Nc2cc(C)ccc2C)cc1OCC. The van der Waals surface area contributed by atoms with Gasteiger partial charge in [0.1, 0.15) is 11.6 Å². The van der Waals surface area contributed by atoms with Crippen LogP contribution in [0.2, 0.25) is 0 Å². The zero-order chi connectivity index (χ0) is 23.7. The Hall–Kier alpha value is -3.31. The minimum atomic E-state index is -0.516. The number of anilines is 1. The van der Waals surface area contributed by atoms with Crippen LogP contribution < -0.4 is 14.8 Å². The molecule has 1 amide bonds. The molecule has 2 rings (SSSR count). The van der Waals surface area contributed by atoms with Crippen molar-refractivity contribution in [1.29, 1.82) is 5.26 Å². The topological polar surface area (TPSA) is 97.7 Å². The number of carbonyl (C=O) groups excluding carboxylic acids is 2. The van der Waals surface area contributed by atoms with Crippen LogP contribution in [0.5, 0.6) is 11.5 Å². The van der Waals surface area contributed by atoms with Gasteiger partial charge in [0.15, 0.2) is 18.1 Å². The van der Waals surface area contributed by atoms with Crippen molar-refractivity contribution in [3.63, 3.8) is 0 Å². The number of ether oxygens (including phenoxy) is 3. The van der Waals surface area contributed by atoms with Gasteiger partial charge in [0.25, 0.3) is 5.91 Å². The number of aryl methyl sites for hydroxylation is 2. The number of halogens is 1. The summed E-state index contributed by atoms with van der Waals surface area (Å²) in [7, 11) is 0. The molecule has 0 spiro atoms. The number of nitriles is 1. The van der Waals surface area contributed by atoms with E-state index in [0.717, 1.165) is 11.1 Å². The van der Waals surface area contributed by atoms with Gasteiger partial charge in [-0.25, -0.2) is 4.79 Å². The largest absolute Gasteiger partial charge is 0.490 e. The molecule has 1 N–H and O–H groups in total. The Balaban J connectivity index is 2.31. The molecule has 0 heterocycles. The first-order valence-electron chi connectivity index (χ1n) is 10.0. The Morgan fingerprint density at radius 3 is 2.53 bits per heavy atom. The van der Waals surface area contributed by atoms with Crippen molar-refractivity contribution in [1.82, 2.24) is 0 Å². The summed E-state index contributed by atoms with van der Waals surface area (Å²) in [6.07, 6.45) is 1.46. The molecule has 0 radical (unpaired) electrons. The summed E-state index contributed by atoms with van der Waals surface area (Å²) in [5.74, 6) is -0.321. The second-order valence-electron chi connectivity index (χ2n) is 6.80. The Labute approximate surface area is 196 Å². The number of amides is 1. The Morgan fingerprint density at radius 1 is 1.12 bits per heavy atom. The number of nitrogens with one attached hydrogen (secondary N) is 1. The molecule has 8 heteroatoms. The molecule has 32 heavy (non-hydrogen) atoms. The van der Waals surface area contributed by atoms with Gasteiger partial charge >= 0.3 is 5.97 Å². The van der Waals surface area contributed by atoms with Gasteiger partial charge in [-0.1, -0.05) is 12.1 Å². The lowest BCUT2D eigenvalue weighted by Gasteiger charge is -2.14. The molecule has 2 aromatic rings. The van der Waals surface area contributed by atoms with Gasteiger partial charge in [-0.3, -0.25) is 4.79 Å². The summed E-state index contributed by atoms with van der Waals surface area (Å²) in [5.41, 5.74) is 3.02. The second-order valence-corrected chi connectivity index (χ2v) is 7.65. The molecule has 0 aliphatic heterocycles. The molecule has 0 atom stereocenters. The first kappa shape index (κ1) is 25.0. The van der Waals surface area contributed by atoms with E-state index in [1.54, 1.807) is 19.1 Å². The molecule has 0 bridgehead atoms. The lowest BCUT2D eigenvalue weighted by Crippen LogP contribution is -2.15. The van der Waals surface area contributed by atoms with Crippen molar-refractivity contribution in [2.75, 3.05) is 25.1 Å². The summed E-state index contributed by atoms with van der Waals surface area (Å²) in [5, 5.41) is 12.3. The summed E-state index contributed by atoms with van der Waals surface area (Å²) in [4.78, 5) is 24.3. The predicted octanol–water partition coefficient (Wildman–Crippen LogP) is 4.95. The van der Waals surface area contributed by atoms with Gasteiger partial charge in [0.05, 0.1) is 17.7 Å². The van der Waals surface area contributed by atoms with Crippen LogP contribution in [0.1, 0.15) is 30.5 Å². The maximum atomic E-state index is 12.7. The first-order chi connectivity index (χ1) is 15.3. The van der Waals surface area contributed by atoms with Crippen LogP contribution in [0.15, 0.2) is 40.4 Å². The minimum Gasteiger partial charge on any atom is -0.490 e. The number of benzene rings is 2. The van der Waals surface area contributed by atoms with Crippen LogP contribution in [0.4, 0.5) is 5.69 Å². The van der Waals surface area contributed by atoms with E-state index in [1.165, 1.54) is 6.08 Å². The van der Waals surface area contributed by atoms with Gasteiger partial charge in [-0.05, 0) is 84.6 Å². The fourth-order valence-corrected chi connectivity index (χ4v) is 3.36. The van der Waals surface area contributed by atoms with Crippen molar-refractivity contribution in [3.05, 3.63) is 57.1 Å². The van der Waals surface area contributed by atoms with Crippen LogP contribution in [-0.2, 0) is 14.3 Å². The van der Waals surface area contributed by atoms with E-state index in [2.05, 4.69) is 21.2 Å². The molecular formula is C24H25BrN2O5. The zero-order valence-corrected chi connectivity index (χ0v) is 20.0. The third-order valence-electron chi connectivity index (χ3n) is 4.29. The highest BCUT2D eigenvalue weighted by Gasteiger charge is 2.16. The summed E-state index contributed by atoms with van der Waals surface area (Å²) in [6.45, 7) is 7.66. The number of rotatable bonds is 9. The molecule has 0 saturated carbocycles. The zero-order valence-electron chi connectivity index (χ0n) is 18.5. The van der Waals surface area contributed by atoms with E-state index < -0.39 is 11.9 Å². The molecule has 168 valence electrons. The van der Waals surface area contributed by atoms with Gasteiger partial charge in [0.2, 0.25) is 0 Å². The smallest absolute Gasteiger partial charge is 0.344 e. The Morgan fingerprint density at radius 2 is 1.88 bits per heavy atom. The fraction of sp³-hybridized carbons (Fsp3) is 0.292. The molecule has 2 aromatic carbocycles. The summed E-state index contributed by atoms with van der Waals surface area (Å²) >= 11 is 3.41. The fourth-order valence-electron chi connectivity index (χ4n) is 2.78. The van der Waals surface area contributed by atoms with Crippen molar-refractivity contribution in [3.8, 4) is 17.6 Å². The van der Waals surface area contributed by atoms with Crippen molar-refractivity contribution < 1.29 is 23.8 Å². The molecule has 0 aromatic heterocycles. The third-order valence-corrected chi connectivity index (χ3v) is 4.88. The number of carbonyl (C=O) groups is 2. The van der Waals surface area contributed by atoms with Crippen LogP contribution in [0, 0.1) is 25.2 Å². The Kier molecular flexibility index (Phi) is 9.29. The van der Waals surface area contributed by atoms with Gasteiger partial charge in [-0.2, -0.15) is 5.26 Å². The van der Waals surface area contributed by atoms with Crippen molar-refractivity contribution in [2.24, 2.45) is 0 Å². The lowest BCUT2D eigenvalue weighted by molar-refractivity contribution is -0.145. The maximum Gasteiger partial charge on any atom is 0.344 e. The minimum absolute atomic E-state index is 0.0690. The number of hydrogen-bond donors (Lipinski definition) is 1. The molecular weight excluding hydrogens is 476 g/mol. The third kappa shape index (κ3) is 6.86. The quantitative estimate of drug-likeness (QED) is 0.297. The number of esters is 1. The number of hydrogen-bond acceptors (Lipinski definition) is 6. The second kappa shape index (κ2) is 11.9. The average Bonchev–Trinajstić information content (AvgIpc) is 2.74. The van der Waals surface area contributed by atoms with Gasteiger partial charge < -0.3 is 19.5 Å². The standard InChI is InChI=1S/C24H25BrN2O5/c1-5-30-21-12-17(11-19(25)23(21)32-14-22(28)31-6-2)10-18(13-26)24(29)27-20-9-15(3)7-8-16(20)4/h7-12H,5-6,14H2,1-4H3,(H,27,29)/b18-10+. The summed E-state index contributed by atoms with van der Waals surface area (Å²) in [6, 6.07) is 11.0. The van der Waals surface area contributed by atoms with Crippen molar-refractivity contribution in [2.45, 2.75) is 27.7 Å². The van der Waals surface area contributed by atoms with E-state index in [4.69, 9.17) is 14.2 Å². The molecule has 7 nitrogen and oxygen atoms in total. The maximum absolute atomic E-state index is 12.7. The van der Waals surface area contributed by atoms with E-state index in [-0.39, 0.29) is 18.8 Å². The lowest BCUT2D eigenvalue weighted by atomic mass is 10.1. The molecule has 0 saturated heterocycles. The average molecular weight is 501 g/mol. The van der Waals surface area contributed by atoms with Crippen molar-refractivity contribution >= 4 is 39.6 Å². The van der Waals surface area contributed by atoms with Crippen LogP contribution >= 0.6 is 15.9 Å². The van der Waals surface area contributed by atoms with E-state index >= 15 is 0 Å². The van der Waals surface area contributed by atoms with Crippen LogP contribution in [0.25, 0.3) is 6.08 Å². The molecule has 0 unspecified atom stereocenters. The normalized spacial score (nSPS) is 10.8. The molecule has 0 fully saturated rings. The molecule has 0 aliphatic rings. The highest BCUT2D eigenvalue weighted by atomic mass is 79.9. The van der Waals surface area contributed by atoms with E-state index in [9.17, 15) is 14.9 Å². The number of nitrogens with zero attached hydrogens (tertiary/aromatic N) is 1. The first-order valence-corrected chi connectivity index (χ1v) is 10.8. The predicted molar refractivity (Wildman–Crippen MR) is 126 cm³/mol. The highest BCUT2D eigenvalue weighted by molar-refractivity contribution is 9.10. The van der Waals surface area contributed by atoms with Gasteiger partial charge in [0, 0.05) is 5.69 Å². The summed E-state index contributed by atoms with van der Waals surface area (Å²) < 4.78 is 16.6. The Bertz CT molecular complexity index is 1070. The monoisotopic (exact) mass is 500 g/mol. The molecule has 0 aliphatic carbocycles.